The van der Waals surface area contributed by atoms with Gasteiger partial charge in [0.1, 0.15) is 30.8 Å². The van der Waals surface area contributed by atoms with Gasteiger partial charge in [0.2, 0.25) is 0 Å². The molecule has 2 aromatic rings. The van der Waals surface area contributed by atoms with E-state index >= 15 is 0 Å². The lowest BCUT2D eigenvalue weighted by molar-refractivity contribution is -0.903. The number of rotatable bonds is 6. The van der Waals surface area contributed by atoms with E-state index in [1.807, 2.05) is 38.1 Å². The van der Waals surface area contributed by atoms with Gasteiger partial charge in [-0.25, -0.2) is 4.39 Å². The maximum absolute atomic E-state index is 13.0. The molecule has 1 aliphatic rings. The first-order chi connectivity index (χ1) is 12.9. The summed E-state index contributed by atoms with van der Waals surface area (Å²) >= 11 is 6.17. The lowest BCUT2D eigenvalue weighted by Crippen LogP contribution is -3.16. The fourth-order valence-corrected chi connectivity index (χ4v) is 3.62. The van der Waals surface area contributed by atoms with Gasteiger partial charge in [0.05, 0.1) is 26.2 Å². The van der Waals surface area contributed by atoms with E-state index < -0.39 is 6.10 Å². The molecule has 6 heteroatoms. The van der Waals surface area contributed by atoms with Crippen molar-refractivity contribution in [2.45, 2.75) is 20.0 Å². The number of anilines is 1. The lowest BCUT2D eigenvalue weighted by atomic mass is 10.1. The molecule has 1 fully saturated rings. The van der Waals surface area contributed by atoms with Crippen LogP contribution in [0.25, 0.3) is 0 Å². The van der Waals surface area contributed by atoms with Gasteiger partial charge in [-0.15, -0.1) is 0 Å². The summed E-state index contributed by atoms with van der Waals surface area (Å²) in [6.45, 7) is 8.48. The van der Waals surface area contributed by atoms with E-state index in [0.717, 1.165) is 53.8 Å². The van der Waals surface area contributed by atoms with Crippen molar-refractivity contribution >= 4 is 17.3 Å². The van der Waals surface area contributed by atoms with Gasteiger partial charge in [-0.1, -0.05) is 11.6 Å². The molecule has 4 nitrogen and oxygen atoms in total. The number of halogens is 2. The topological polar surface area (TPSA) is 37.1 Å². The maximum atomic E-state index is 13.0. The minimum atomic E-state index is -0.520. The molecule has 0 aromatic heterocycles. The zero-order valence-electron chi connectivity index (χ0n) is 15.8. The number of quaternary nitrogens is 1. The first-order valence-corrected chi connectivity index (χ1v) is 9.72. The van der Waals surface area contributed by atoms with E-state index in [2.05, 4.69) is 4.90 Å². The zero-order chi connectivity index (χ0) is 19.4. The zero-order valence-corrected chi connectivity index (χ0v) is 16.6. The Morgan fingerprint density at radius 1 is 1.15 bits per heavy atom. The van der Waals surface area contributed by atoms with Crippen LogP contribution >= 0.6 is 11.6 Å². The summed E-state index contributed by atoms with van der Waals surface area (Å²) in [7, 11) is 0. The first-order valence-electron chi connectivity index (χ1n) is 9.34. The summed E-state index contributed by atoms with van der Waals surface area (Å²) in [5.74, 6) is 0.529. The van der Waals surface area contributed by atoms with Crippen molar-refractivity contribution in [2.75, 3.05) is 44.2 Å². The molecule has 0 bridgehead atoms. The number of nitrogens with zero attached hydrogens (tertiary/aromatic N) is 1. The molecule has 3 rings (SSSR count). The number of aliphatic hydroxyl groups excluding tert-OH is 1. The highest BCUT2D eigenvalue weighted by atomic mass is 35.5. The van der Waals surface area contributed by atoms with Crippen LogP contribution in [0.3, 0.4) is 0 Å². The summed E-state index contributed by atoms with van der Waals surface area (Å²) in [6, 6.07) is 10.4. The van der Waals surface area contributed by atoms with E-state index in [0.29, 0.717) is 6.54 Å². The summed E-state index contributed by atoms with van der Waals surface area (Å²) in [6.07, 6.45) is -0.520. The van der Waals surface area contributed by atoms with Crippen LogP contribution in [0.4, 0.5) is 10.1 Å². The molecule has 0 radical (unpaired) electrons. The average molecular weight is 394 g/mol. The van der Waals surface area contributed by atoms with Gasteiger partial charge in [-0.05, 0) is 61.4 Å². The third kappa shape index (κ3) is 5.34. The van der Waals surface area contributed by atoms with Crippen LogP contribution in [0.5, 0.6) is 5.75 Å². The number of nitrogens with one attached hydrogen (secondary N) is 1. The Bertz CT molecular complexity index is 738. The monoisotopic (exact) mass is 393 g/mol. The van der Waals surface area contributed by atoms with E-state index in [1.165, 1.54) is 17.0 Å². The molecule has 1 atom stereocenters. The molecule has 0 saturated carbocycles. The molecule has 27 heavy (non-hydrogen) atoms. The summed E-state index contributed by atoms with van der Waals surface area (Å²) in [5, 5.41) is 11.1. The molecule has 0 unspecified atom stereocenters. The van der Waals surface area contributed by atoms with Crippen LogP contribution < -0.4 is 14.5 Å². The second-order valence-corrected chi connectivity index (χ2v) is 7.63. The van der Waals surface area contributed by atoms with Crippen molar-refractivity contribution in [2.24, 2.45) is 0 Å². The molecule has 1 heterocycles. The molecule has 146 valence electrons. The van der Waals surface area contributed by atoms with Crippen molar-refractivity contribution < 1.29 is 19.1 Å². The molecule has 0 spiro atoms. The van der Waals surface area contributed by atoms with E-state index in [9.17, 15) is 9.50 Å². The summed E-state index contributed by atoms with van der Waals surface area (Å²) in [5.41, 5.74) is 3.00. The van der Waals surface area contributed by atoms with Gasteiger partial charge < -0.3 is 19.6 Å². The summed E-state index contributed by atoms with van der Waals surface area (Å²) in [4.78, 5) is 3.61. The smallest absolute Gasteiger partial charge is 0.137 e. The molecule has 2 aromatic carbocycles. The fraction of sp³-hybridized carbons (Fsp3) is 0.429. The number of piperazine rings is 1. The Morgan fingerprint density at radius 3 is 2.33 bits per heavy atom. The predicted octanol–water partition coefficient (Wildman–Crippen LogP) is 2.24. The summed E-state index contributed by atoms with van der Waals surface area (Å²) < 4.78 is 18.8. The van der Waals surface area contributed by atoms with Crippen LogP contribution in [0.1, 0.15) is 11.1 Å². The predicted molar refractivity (Wildman–Crippen MR) is 107 cm³/mol. The SMILES string of the molecule is Cc1cc(OC[C@@H](O)C[NH+]2CCN(c3ccc(F)cc3)CC2)cc(C)c1Cl. The van der Waals surface area contributed by atoms with Crippen LogP contribution in [0.15, 0.2) is 36.4 Å². The van der Waals surface area contributed by atoms with E-state index in [1.54, 1.807) is 0 Å². The van der Waals surface area contributed by atoms with Gasteiger partial charge in [0.15, 0.2) is 0 Å². The Morgan fingerprint density at radius 2 is 1.74 bits per heavy atom. The molecule has 1 aliphatic heterocycles. The minimum Gasteiger partial charge on any atom is -0.491 e. The number of hydrogen-bond acceptors (Lipinski definition) is 3. The highest BCUT2D eigenvalue weighted by Crippen LogP contribution is 2.25. The lowest BCUT2D eigenvalue weighted by Gasteiger charge is -2.34. The Labute approximate surface area is 165 Å². The van der Waals surface area contributed by atoms with Crippen LogP contribution in [-0.2, 0) is 0 Å². The number of ether oxygens (including phenoxy) is 1. The number of aryl methyl sites for hydroxylation is 2. The van der Waals surface area contributed by atoms with Crippen LogP contribution in [-0.4, -0.2) is 50.5 Å². The van der Waals surface area contributed by atoms with Crippen molar-refractivity contribution in [1.29, 1.82) is 0 Å². The number of aliphatic hydroxyl groups is 1. The Kier molecular flexibility index (Phi) is 6.58. The van der Waals surface area contributed by atoms with Gasteiger partial charge in [0.25, 0.3) is 0 Å². The second-order valence-electron chi connectivity index (χ2n) is 7.25. The van der Waals surface area contributed by atoms with E-state index in [4.69, 9.17) is 16.3 Å². The van der Waals surface area contributed by atoms with E-state index in [-0.39, 0.29) is 12.4 Å². The van der Waals surface area contributed by atoms with Crippen LogP contribution in [0.2, 0.25) is 5.02 Å². The normalized spacial score (nSPS) is 16.4. The average Bonchev–Trinajstić information content (AvgIpc) is 2.65. The van der Waals surface area contributed by atoms with Gasteiger partial charge in [0, 0.05) is 10.7 Å². The molecule has 0 amide bonds. The molecular formula is C21H27ClFN2O2+. The highest BCUT2D eigenvalue weighted by Gasteiger charge is 2.23. The Balaban J connectivity index is 1.44. The second kappa shape index (κ2) is 8.91. The molecular weight excluding hydrogens is 367 g/mol. The Hall–Kier alpha value is -1.82. The van der Waals surface area contributed by atoms with Gasteiger partial charge >= 0.3 is 0 Å². The maximum Gasteiger partial charge on any atom is 0.137 e. The molecule has 1 saturated heterocycles. The minimum absolute atomic E-state index is 0.211. The quantitative estimate of drug-likeness (QED) is 0.790. The standard InChI is InChI=1S/C21H26ClFN2O2/c1-15-11-20(12-16(2)21(15)22)27-14-19(26)13-24-7-9-25(10-8-24)18-5-3-17(23)4-6-18/h3-6,11-12,19,26H,7-10,13-14H2,1-2H3/p+1/t19-/m0/s1. The van der Waals surface area contributed by atoms with Crippen molar-refractivity contribution in [3.05, 3.63) is 58.4 Å². The molecule has 2 N–H and O–H groups in total. The number of benzene rings is 2. The number of hydrogen-bond donors (Lipinski definition) is 2. The largest absolute Gasteiger partial charge is 0.491 e. The third-order valence-electron chi connectivity index (χ3n) is 5.04. The highest BCUT2D eigenvalue weighted by molar-refractivity contribution is 6.32. The van der Waals surface area contributed by atoms with Gasteiger partial charge in [-0.2, -0.15) is 0 Å². The van der Waals surface area contributed by atoms with Gasteiger partial charge in [-0.3, -0.25) is 0 Å². The van der Waals surface area contributed by atoms with Crippen molar-refractivity contribution in [1.82, 2.24) is 0 Å². The van der Waals surface area contributed by atoms with Crippen LogP contribution in [0, 0.1) is 19.7 Å². The third-order valence-corrected chi connectivity index (χ3v) is 5.64. The fourth-order valence-electron chi connectivity index (χ4n) is 3.51. The molecule has 0 aliphatic carbocycles. The van der Waals surface area contributed by atoms with Crippen molar-refractivity contribution in [3.8, 4) is 5.75 Å². The first kappa shape index (κ1) is 19.9. The van der Waals surface area contributed by atoms with Crippen molar-refractivity contribution in [3.63, 3.8) is 0 Å².